The first-order chi connectivity index (χ1) is 10.1. The molecule has 1 aromatic heterocycles. The summed E-state index contributed by atoms with van der Waals surface area (Å²) >= 11 is 3.32. The molecule has 0 bridgehead atoms. The summed E-state index contributed by atoms with van der Waals surface area (Å²) in [5.41, 5.74) is 1.49. The van der Waals surface area contributed by atoms with E-state index < -0.39 is 8.32 Å². The summed E-state index contributed by atoms with van der Waals surface area (Å²) in [4.78, 5) is 4.25. The highest BCUT2D eigenvalue weighted by atomic mass is 79.9. The molecular formula is C17H23BrFNOSi. The highest BCUT2D eigenvalue weighted by molar-refractivity contribution is 9.10. The van der Waals surface area contributed by atoms with Gasteiger partial charge in [0, 0.05) is 22.7 Å². The number of rotatable bonds is 4. The molecular weight excluding hydrogens is 361 g/mol. The minimum atomic E-state index is -1.72. The number of halogens is 2. The van der Waals surface area contributed by atoms with Gasteiger partial charge >= 0.3 is 0 Å². The summed E-state index contributed by atoms with van der Waals surface area (Å²) in [6.45, 7) is 11.9. The van der Waals surface area contributed by atoms with E-state index >= 15 is 0 Å². The van der Waals surface area contributed by atoms with Crippen LogP contribution in [-0.4, -0.2) is 19.9 Å². The molecule has 0 amide bonds. The molecule has 2 nitrogen and oxygen atoms in total. The van der Waals surface area contributed by atoms with Gasteiger partial charge in [0.1, 0.15) is 5.52 Å². The molecule has 0 aliphatic carbocycles. The number of nitrogens with zero attached hydrogens (tertiary/aromatic N) is 1. The maximum absolute atomic E-state index is 13.8. The van der Waals surface area contributed by atoms with E-state index in [9.17, 15) is 4.39 Å². The number of benzene rings is 1. The standard InChI is InChI=1S/C17H23BrFNOSi/c1-17(2,3)22(4,5)21-7-6-12-8-13-9-14(18)10-15(19)16(13)20-11-12/h8-11H,6-7H2,1-5H3. The molecule has 0 N–H and O–H groups in total. The Kier molecular flexibility index (Phi) is 5.09. The van der Waals surface area contributed by atoms with Crippen LogP contribution in [-0.2, 0) is 10.8 Å². The molecule has 2 aromatic rings. The van der Waals surface area contributed by atoms with Gasteiger partial charge < -0.3 is 4.43 Å². The first-order valence-corrected chi connectivity index (χ1v) is 11.2. The van der Waals surface area contributed by atoms with Crippen LogP contribution in [0.4, 0.5) is 4.39 Å². The number of pyridine rings is 1. The summed E-state index contributed by atoms with van der Waals surface area (Å²) in [6.07, 6.45) is 2.54. The predicted molar refractivity (Wildman–Crippen MR) is 96.3 cm³/mol. The second kappa shape index (κ2) is 6.38. The van der Waals surface area contributed by atoms with Crippen LogP contribution in [0, 0.1) is 5.82 Å². The van der Waals surface area contributed by atoms with Gasteiger partial charge in [0.25, 0.3) is 0 Å². The van der Waals surface area contributed by atoms with Gasteiger partial charge in [0.2, 0.25) is 0 Å². The number of fused-ring (bicyclic) bond motifs is 1. The van der Waals surface area contributed by atoms with Crippen molar-refractivity contribution in [3.63, 3.8) is 0 Å². The third-order valence-electron chi connectivity index (χ3n) is 4.42. The second-order valence-corrected chi connectivity index (χ2v) is 12.9. The van der Waals surface area contributed by atoms with Crippen LogP contribution in [0.15, 0.2) is 28.9 Å². The molecule has 0 saturated heterocycles. The van der Waals surface area contributed by atoms with Crippen molar-refractivity contribution in [1.29, 1.82) is 0 Å². The van der Waals surface area contributed by atoms with Crippen LogP contribution in [0.5, 0.6) is 0 Å². The van der Waals surface area contributed by atoms with Gasteiger partial charge in [-0.3, -0.25) is 4.98 Å². The Bertz CT molecular complexity index is 682. The lowest BCUT2D eigenvalue weighted by molar-refractivity contribution is 0.292. The van der Waals surface area contributed by atoms with Gasteiger partial charge in [0.15, 0.2) is 14.1 Å². The van der Waals surface area contributed by atoms with E-state index in [4.69, 9.17) is 4.43 Å². The van der Waals surface area contributed by atoms with Crippen molar-refractivity contribution >= 4 is 35.2 Å². The molecule has 0 radical (unpaired) electrons. The van der Waals surface area contributed by atoms with Gasteiger partial charge in [-0.2, -0.15) is 0 Å². The van der Waals surface area contributed by atoms with Crippen molar-refractivity contribution in [3.05, 3.63) is 40.2 Å². The minimum absolute atomic E-state index is 0.211. The van der Waals surface area contributed by atoms with Crippen LogP contribution in [0.25, 0.3) is 10.9 Å². The van der Waals surface area contributed by atoms with Crippen LogP contribution in [0.3, 0.4) is 0 Å². The van der Waals surface area contributed by atoms with Gasteiger partial charge in [0.05, 0.1) is 0 Å². The van der Waals surface area contributed by atoms with E-state index in [2.05, 4.69) is 54.8 Å². The molecule has 0 spiro atoms. The highest BCUT2D eigenvalue weighted by Crippen LogP contribution is 2.36. The minimum Gasteiger partial charge on any atom is -0.416 e. The van der Waals surface area contributed by atoms with E-state index in [0.717, 1.165) is 21.8 Å². The SMILES string of the molecule is CC(C)(C)[Si](C)(C)OCCc1cnc2c(F)cc(Br)cc2c1. The smallest absolute Gasteiger partial charge is 0.191 e. The topological polar surface area (TPSA) is 22.1 Å². The van der Waals surface area contributed by atoms with Crippen LogP contribution in [0.1, 0.15) is 26.3 Å². The van der Waals surface area contributed by atoms with Gasteiger partial charge in [-0.1, -0.05) is 36.7 Å². The average molecular weight is 384 g/mol. The van der Waals surface area contributed by atoms with Crippen LogP contribution in [0.2, 0.25) is 18.1 Å². The maximum Gasteiger partial charge on any atom is 0.191 e. The Labute approximate surface area is 141 Å². The molecule has 0 aliphatic heterocycles. The molecule has 2 rings (SSSR count). The summed E-state index contributed by atoms with van der Waals surface area (Å²) in [5, 5.41) is 1.03. The highest BCUT2D eigenvalue weighted by Gasteiger charge is 2.36. The molecule has 0 unspecified atom stereocenters. The third-order valence-corrected chi connectivity index (χ3v) is 9.41. The quantitative estimate of drug-likeness (QED) is 0.631. The zero-order valence-electron chi connectivity index (χ0n) is 13.8. The van der Waals surface area contributed by atoms with Gasteiger partial charge in [-0.15, -0.1) is 0 Å². The first kappa shape index (κ1) is 17.6. The number of aromatic nitrogens is 1. The van der Waals surface area contributed by atoms with Crippen molar-refractivity contribution in [3.8, 4) is 0 Å². The normalized spacial score (nSPS) is 12.9. The van der Waals surface area contributed by atoms with Crippen molar-refractivity contribution in [2.75, 3.05) is 6.61 Å². The Morgan fingerprint density at radius 1 is 1.23 bits per heavy atom. The van der Waals surface area contributed by atoms with Crippen molar-refractivity contribution in [2.24, 2.45) is 0 Å². The lowest BCUT2D eigenvalue weighted by atomic mass is 10.1. The Morgan fingerprint density at radius 2 is 1.91 bits per heavy atom. The molecule has 0 atom stereocenters. The van der Waals surface area contributed by atoms with Crippen molar-refractivity contribution in [1.82, 2.24) is 4.98 Å². The van der Waals surface area contributed by atoms with E-state index in [1.165, 1.54) is 6.07 Å². The first-order valence-electron chi connectivity index (χ1n) is 7.48. The van der Waals surface area contributed by atoms with Crippen LogP contribution >= 0.6 is 15.9 Å². The zero-order chi connectivity index (χ0) is 16.5. The largest absolute Gasteiger partial charge is 0.416 e. The van der Waals surface area contributed by atoms with Gasteiger partial charge in [-0.25, -0.2) is 4.39 Å². The fourth-order valence-electron chi connectivity index (χ4n) is 1.99. The summed E-state index contributed by atoms with van der Waals surface area (Å²) in [6, 6.07) is 5.32. The monoisotopic (exact) mass is 383 g/mol. The predicted octanol–water partition coefficient (Wildman–Crippen LogP) is 5.70. The lowest BCUT2D eigenvalue weighted by Crippen LogP contribution is -2.41. The fraction of sp³-hybridized carbons (Fsp3) is 0.471. The second-order valence-electron chi connectivity index (χ2n) is 7.16. The maximum atomic E-state index is 13.8. The Morgan fingerprint density at radius 3 is 2.55 bits per heavy atom. The van der Waals surface area contributed by atoms with Crippen LogP contribution < -0.4 is 0 Å². The zero-order valence-corrected chi connectivity index (χ0v) is 16.4. The number of hydrogen-bond donors (Lipinski definition) is 0. The molecule has 0 saturated carbocycles. The van der Waals surface area contributed by atoms with E-state index in [-0.39, 0.29) is 10.9 Å². The molecule has 0 aliphatic rings. The molecule has 1 heterocycles. The molecule has 1 aromatic carbocycles. The summed E-state index contributed by atoms with van der Waals surface area (Å²) in [7, 11) is -1.72. The van der Waals surface area contributed by atoms with Gasteiger partial charge in [-0.05, 0) is 48.3 Å². The van der Waals surface area contributed by atoms with E-state index in [0.29, 0.717) is 12.1 Å². The van der Waals surface area contributed by atoms with E-state index in [1.54, 1.807) is 6.20 Å². The summed E-state index contributed by atoms with van der Waals surface area (Å²) < 4.78 is 20.7. The average Bonchev–Trinajstić information content (AvgIpc) is 2.36. The molecule has 0 fully saturated rings. The summed E-state index contributed by atoms with van der Waals surface area (Å²) in [5.74, 6) is -0.298. The lowest BCUT2D eigenvalue weighted by Gasteiger charge is -2.36. The van der Waals surface area contributed by atoms with Crippen molar-refractivity contribution in [2.45, 2.75) is 45.3 Å². The molecule has 22 heavy (non-hydrogen) atoms. The number of hydrogen-bond acceptors (Lipinski definition) is 2. The van der Waals surface area contributed by atoms with Crippen molar-refractivity contribution < 1.29 is 8.82 Å². The van der Waals surface area contributed by atoms with E-state index in [1.807, 2.05) is 12.1 Å². The molecule has 120 valence electrons. The fourth-order valence-corrected chi connectivity index (χ4v) is 3.49. The Hall–Kier alpha value is -0.783. The molecule has 5 heteroatoms. The Balaban J connectivity index is 2.10. The third kappa shape index (κ3) is 3.94.